The lowest BCUT2D eigenvalue weighted by atomic mass is 10.1. The third-order valence-electron chi connectivity index (χ3n) is 4.28. The molecule has 0 radical (unpaired) electrons. The molecule has 132 valence electrons. The van der Waals surface area contributed by atoms with Crippen LogP contribution in [0.15, 0.2) is 36.5 Å². The topological polar surface area (TPSA) is 54.5 Å². The number of carbonyl (C=O) groups excluding carboxylic acids is 1. The predicted molar refractivity (Wildman–Crippen MR) is 98.3 cm³/mol. The Kier molecular flexibility index (Phi) is 5.56. The van der Waals surface area contributed by atoms with Crippen LogP contribution in [0.5, 0.6) is 5.88 Å². The van der Waals surface area contributed by atoms with E-state index in [1.807, 2.05) is 37.2 Å². The molecule has 1 aliphatic rings. The van der Waals surface area contributed by atoms with Crippen molar-refractivity contribution in [3.05, 3.63) is 58.2 Å². The van der Waals surface area contributed by atoms with E-state index in [2.05, 4.69) is 10.3 Å². The van der Waals surface area contributed by atoms with Crippen LogP contribution in [0.1, 0.15) is 33.9 Å². The number of aryl methyl sites for hydroxylation is 1. The van der Waals surface area contributed by atoms with Gasteiger partial charge in [-0.15, -0.1) is 0 Å². The van der Waals surface area contributed by atoms with Gasteiger partial charge in [0, 0.05) is 23.8 Å². The molecule has 25 heavy (non-hydrogen) atoms. The van der Waals surface area contributed by atoms with Gasteiger partial charge in [0.25, 0.3) is 5.91 Å². The van der Waals surface area contributed by atoms with E-state index in [4.69, 9.17) is 16.3 Å². The summed E-state index contributed by atoms with van der Waals surface area (Å²) in [7, 11) is 3.97. The van der Waals surface area contributed by atoms with Crippen molar-refractivity contribution in [1.82, 2.24) is 15.2 Å². The van der Waals surface area contributed by atoms with Gasteiger partial charge < -0.3 is 15.0 Å². The van der Waals surface area contributed by atoms with Gasteiger partial charge in [-0.1, -0.05) is 17.7 Å². The van der Waals surface area contributed by atoms with E-state index in [-0.39, 0.29) is 11.9 Å². The molecule has 1 atom stereocenters. The number of hydrogen-bond donors (Lipinski definition) is 1. The van der Waals surface area contributed by atoms with Crippen LogP contribution in [0.3, 0.4) is 0 Å². The zero-order valence-electron chi connectivity index (χ0n) is 14.5. The second kappa shape index (κ2) is 7.85. The van der Waals surface area contributed by atoms with Crippen molar-refractivity contribution in [2.24, 2.45) is 0 Å². The van der Waals surface area contributed by atoms with Crippen molar-refractivity contribution < 1.29 is 9.53 Å². The normalized spacial score (nSPS) is 15.9. The van der Waals surface area contributed by atoms with Gasteiger partial charge in [0.1, 0.15) is 6.61 Å². The summed E-state index contributed by atoms with van der Waals surface area (Å²) in [6.07, 6.45) is 3.39. The molecular weight excluding hydrogens is 338 g/mol. The Labute approximate surface area is 153 Å². The second-order valence-electron chi connectivity index (χ2n) is 6.44. The van der Waals surface area contributed by atoms with Crippen LogP contribution in [0.25, 0.3) is 0 Å². The van der Waals surface area contributed by atoms with Crippen LogP contribution < -0.4 is 10.1 Å². The number of amides is 1. The lowest BCUT2D eigenvalue weighted by molar-refractivity contribution is 0.0936. The number of rotatable bonds is 6. The van der Waals surface area contributed by atoms with E-state index in [0.717, 1.165) is 24.9 Å². The number of nitrogens with zero attached hydrogens (tertiary/aromatic N) is 2. The Balaban J connectivity index is 1.60. The van der Waals surface area contributed by atoms with Gasteiger partial charge >= 0.3 is 0 Å². The van der Waals surface area contributed by atoms with E-state index >= 15 is 0 Å². The average molecular weight is 360 g/mol. The molecule has 0 spiro atoms. The van der Waals surface area contributed by atoms with Gasteiger partial charge in [0.2, 0.25) is 5.88 Å². The zero-order valence-corrected chi connectivity index (χ0v) is 15.2. The van der Waals surface area contributed by atoms with E-state index in [9.17, 15) is 4.79 Å². The number of benzene rings is 1. The first-order valence-electron chi connectivity index (χ1n) is 8.35. The molecule has 0 bridgehead atoms. The molecular formula is C19H22ClN3O2. The third kappa shape index (κ3) is 4.50. The number of fused-ring (bicyclic) bond motifs is 1. The van der Waals surface area contributed by atoms with Gasteiger partial charge in [0.05, 0.1) is 11.6 Å². The van der Waals surface area contributed by atoms with Crippen LogP contribution in [-0.4, -0.2) is 43.0 Å². The molecule has 5 nitrogen and oxygen atoms in total. The molecule has 1 aromatic heterocycles. The quantitative estimate of drug-likeness (QED) is 0.861. The number of halogens is 1. The number of hydrogen-bond acceptors (Lipinski definition) is 4. The number of nitrogens with one attached hydrogen (secondary N) is 1. The molecule has 0 saturated carbocycles. The molecule has 1 amide bonds. The molecule has 0 fully saturated rings. The molecule has 2 aromatic rings. The minimum Gasteiger partial charge on any atom is -0.476 e. The Morgan fingerprint density at radius 3 is 2.92 bits per heavy atom. The van der Waals surface area contributed by atoms with Crippen LogP contribution in [0, 0.1) is 0 Å². The molecule has 1 aromatic carbocycles. The Hall–Kier alpha value is -2.11. The van der Waals surface area contributed by atoms with Crippen molar-refractivity contribution in [2.75, 3.05) is 27.2 Å². The fourth-order valence-corrected chi connectivity index (χ4v) is 3.08. The standard InChI is InChI=1S/C19H22ClN3O2/c1-23(2)9-10-25-18-8-5-14(12-21-18)19(24)22-17-7-4-13-3-6-15(20)11-16(13)17/h3,5-6,8,11-12,17H,4,7,9-10H2,1-2H3,(H,22,24). The molecule has 1 N–H and O–H groups in total. The van der Waals surface area contributed by atoms with E-state index < -0.39 is 0 Å². The van der Waals surface area contributed by atoms with E-state index in [1.54, 1.807) is 18.3 Å². The number of aromatic nitrogens is 1. The summed E-state index contributed by atoms with van der Waals surface area (Å²) in [6, 6.07) is 9.33. The molecule has 0 saturated heterocycles. The fraction of sp³-hybridized carbons (Fsp3) is 0.368. The van der Waals surface area contributed by atoms with E-state index in [1.165, 1.54) is 5.56 Å². The van der Waals surface area contributed by atoms with Gasteiger partial charge in [-0.2, -0.15) is 0 Å². The smallest absolute Gasteiger partial charge is 0.253 e. The average Bonchev–Trinajstić information content (AvgIpc) is 2.97. The molecule has 1 aliphatic carbocycles. The maximum Gasteiger partial charge on any atom is 0.253 e. The number of pyridine rings is 1. The highest BCUT2D eigenvalue weighted by molar-refractivity contribution is 6.30. The first-order chi connectivity index (χ1) is 12.0. The fourth-order valence-electron chi connectivity index (χ4n) is 2.90. The summed E-state index contributed by atoms with van der Waals surface area (Å²) in [5, 5.41) is 3.77. The second-order valence-corrected chi connectivity index (χ2v) is 6.88. The lowest BCUT2D eigenvalue weighted by Crippen LogP contribution is -2.27. The molecule has 0 aliphatic heterocycles. The van der Waals surface area contributed by atoms with Crippen molar-refractivity contribution in [2.45, 2.75) is 18.9 Å². The summed E-state index contributed by atoms with van der Waals surface area (Å²) >= 11 is 6.08. The molecule has 1 heterocycles. The van der Waals surface area contributed by atoms with Crippen LogP contribution in [-0.2, 0) is 6.42 Å². The number of carbonyl (C=O) groups is 1. The van der Waals surface area contributed by atoms with E-state index in [0.29, 0.717) is 23.1 Å². The highest BCUT2D eigenvalue weighted by atomic mass is 35.5. The Morgan fingerprint density at radius 1 is 1.36 bits per heavy atom. The van der Waals surface area contributed by atoms with Gasteiger partial charge in [-0.3, -0.25) is 4.79 Å². The highest BCUT2D eigenvalue weighted by Gasteiger charge is 2.24. The number of ether oxygens (including phenoxy) is 1. The summed E-state index contributed by atoms with van der Waals surface area (Å²) in [5.41, 5.74) is 2.88. The minimum atomic E-state index is -0.134. The van der Waals surface area contributed by atoms with Crippen molar-refractivity contribution in [3.63, 3.8) is 0 Å². The van der Waals surface area contributed by atoms with Crippen LogP contribution in [0.4, 0.5) is 0 Å². The summed E-state index contributed by atoms with van der Waals surface area (Å²) < 4.78 is 5.55. The maximum absolute atomic E-state index is 12.5. The molecule has 6 heteroatoms. The zero-order chi connectivity index (χ0) is 17.8. The minimum absolute atomic E-state index is 0.00258. The lowest BCUT2D eigenvalue weighted by Gasteiger charge is -2.14. The largest absolute Gasteiger partial charge is 0.476 e. The summed E-state index contributed by atoms with van der Waals surface area (Å²) in [5.74, 6) is 0.390. The monoisotopic (exact) mass is 359 g/mol. The first kappa shape index (κ1) is 17.7. The van der Waals surface area contributed by atoms with Crippen LogP contribution >= 0.6 is 11.6 Å². The van der Waals surface area contributed by atoms with Gasteiger partial charge in [-0.05, 0) is 56.3 Å². The Morgan fingerprint density at radius 2 is 2.20 bits per heavy atom. The van der Waals surface area contributed by atoms with Crippen molar-refractivity contribution >= 4 is 17.5 Å². The van der Waals surface area contributed by atoms with Gasteiger partial charge in [-0.25, -0.2) is 4.98 Å². The molecule has 3 rings (SSSR count). The van der Waals surface area contributed by atoms with Crippen molar-refractivity contribution in [3.8, 4) is 5.88 Å². The maximum atomic E-state index is 12.5. The predicted octanol–water partition coefficient (Wildman–Crippen LogP) is 3.09. The summed E-state index contributed by atoms with van der Waals surface area (Å²) in [6.45, 7) is 1.37. The first-order valence-corrected chi connectivity index (χ1v) is 8.73. The number of likely N-dealkylation sites (N-methyl/N-ethyl adjacent to an activating group) is 1. The Bertz CT molecular complexity index is 747. The third-order valence-corrected chi connectivity index (χ3v) is 4.51. The van der Waals surface area contributed by atoms with Gasteiger partial charge in [0.15, 0.2) is 0 Å². The summed E-state index contributed by atoms with van der Waals surface area (Å²) in [4.78, 5) is 18.7. The molecule has 1 unspecified atom stereocenters. The van der Waals surface area contributed by atoms with Crippen molar-refractivity contribution in [1.29, 1.82) is 0 Å². The van der Waals surface area contributed by atoms with Crippen LogP contribution in [0.2, 0.25) is 5.02 Å². The highest BCUT2D eigenvalue weighted by Crippen LogP contribution is 2.33. The SMILES string of the molecule is CN(C)CCOc1ccc(C(=O)NC2CCc3ccc(Cl)cc32)cn1.